The summed E-state index contributed by atoms with van der Waals surface area (Å²) in [5.74, 6) is 5.44. The number of benzene rings is 1. The summed E-state index contributed by atoms with van der Waals surface area (Å²) in [6.45, 7) is -0.118. The van der Waals surface area contributed by atoms with Gasteiger partial charge in [0.05, 0.1) is 16.4 Å². The minimum Gasteiger partial charge on any atom is -0.318 e. The Bertz CT molecular complexity index is 743. The standard InChI is InChI=1S/C9H11N7O4S/c10-14-7-2-1-6(3-8(7)16(17)18)21(19,20)13-4-9-11-5-12-15-9/h1-3,5,13-14H,4,10H2,(H,11,12,15). The molecule has 112 valence electrons. The van der Waals surface area contributed by atoms with Crippen LogP contribution in [0.4, 0.5) is 11.4 Å². The van der Waals surface area contributed by atoms with Crippen LogP contribution in [0.3, 0.4) is 0 Å². The van der Waals surface area contributed by atoms with Gasteiger partial charge < -0.3 is 5.43 Å². The number of nitro benzene ring substituents is 1. The van der Waals surface area contributed by atoms with Crippen molar-refractivity contribution in [3.05, 3.63) is 40.5 Å². The molecule has 0 radical (unpaired) electrons. The highest BCUT2D eigenvalue weighted by atomic mass is 32.2. The number of nitro groups is 1. The molecule has 0 atom stereocenters. The summed E-state index contributed by atoms with van der Waals surface area (Å²) in [4.78, 5) is 13.6. The molecule has 2 aromatic rings. The molecule has 0 saturated carbocycles. The van der Waals surface area contributed by atoms with Crippen molar-refractivity contribution in [2.75, 3.05) is 5.43 Å². The third kappa shape index (κ3) is 3.31. The molecular formula is C9H11N7O4S. The summed E-state index contributed by atoms with van der Waals surface area (Å²) in [6, 6.07) is 3.32. The van der Waals surface area contributed by atoms with Gasteiger partial charge in [0.25, 0.3) is 5.69 Å². The number of H-pyrrole nitrogens is 1. The molecule has 0 saturated heterocycles. The third-order valence-electron chi connectivity index (χ3n) is 2.53. The lowest BCUT2D eigenvalue weighted by atomic mass is 10.3. The van der Waals surface area contributed by atoms with E-state index in [1.165, 1.54) is 18.5 Å². The van der Waals surface area contributed by atoms with Crippen LogP contribution >= 0.6 is 0 Å². The number of hydrazine groups is 1. The Balaban J connectivity index is 2.27. The first-order chi connectivity index (χ1) is 9.94. The molecule has 2 rings (SSSR count). The SMILES string of the molecule is NNc1ccc(S(=O)(=O)NCc2ncn[nH]2)cc1[N+](=O)[O-]. The van der Waals surface area contributed by atoms with Gasteiger partial charge in [-0.2, -0.15) is 5.10 Å². The highest BCUT2D eigenvalue weighted by Crippen LogP contribution is 2.26. The minimum atomic E-state index is -3.93. The van der Waals surface area contributed by atoms with E-state index in [0.717, 1.165) is 6.07 Å². The van der Waals surface area contributed by atoms with Gasteiger partial charge in [0, 0.05) is 6.07 Å². The van der Waals surface area contributed by atoms with Crippen LogP contribution in [0.5, 0.6) is 0 Å². The van der Waals surface area contributed by atoms with Gasteiger partial charge >= 0.3 is 0 Å². The number of anilines is 1. The number of sulfonamides is 1. The zero-order valence-corrected chi connectivity index (χ0v) is 11.3. The lowest BCUT2D eigenvalue weighted by molar-refractivity contribution is -0.384. The molecule has 0 aliphatic carbocycles. The molecule has 12 heteroatoms. The third-order valence-corrected chi connectivity index (χ3v) is 3.93. The average Bonchev–Trinajstić information content (AvgIpc) is 2.97. The first kappa shape index (κ1) is 14.8. The summed E-state index contributed by atoms with van der Waals surface area (Å²) in [6.07, 6.45) is 1.23. The van der Waals surface area contributed by atoms with Gasteiger partial charge in [-0.3, -0.25) is 21.1 Å². The van der Waals surface area contributed by atoms with E-state index in [4.69, 9.17) is 5.84 Å². The number of aromatic nitrogens is 3. The van der Waals surface area contributed by atoms with E-state index in [1.54, 1.807) is 0 Å². The molecule has 0 aliphatic rings. The van der Waals surface area contributed by atoms with E-state index in [0.29, 0.717) is 5.82 Å². The average molecular weight is 313 g/mol. The van der Waals surface area contributed by atoms with E-state index in [2.05, 4.69) is 25.3 Å². The van der Waals surface area contributed by atoms with E-state index in [-0.39, 0.29) is 17.1 Å². The number of nitrogens with one attached hydrogen (secondary N) is 3. The van der Waals surface area contributed by atoms with Gasteiger partial charge in [-0.05, 0) is 12.1 Å². The van der Waals surface area contributed by atoms with Crippen molar-refractivity contribution in [3.8, 4) is 0 Å². The van der Waals surface area contributed by atoms with Crippen molar-refractivity contribution in [1.29, 1.82) is 0 Å². The van der Waals surface area contributed by atoms with E-state index < -0.39 is 20.6 Å². The quantitative estimate of drug-likeness (QED) is 0.313. The van der Waals surface area contributed by atoms with Gasteiger partial charge in [0.2, 0.25) is 10.0 Å². The summed E-state index contributed by atoms with van der Waals surface area (Å²) in [5, 5.41) is 16.9. The molecule has 0 fully saturated rings. The van der Waals surface area contributed by atoms with Crippen LogP contribution in [0, 0.1) is 10.1 Å². The van der Waals surface area contributed by atoms with Gasteiger partial charge in [-0.15, -0.1) is 0 Å². The molecule has 5 N–H and O–H groups in total. The van der Waals surface area contributed by atoms with Crippen LogP contribution in [-0.2, 0) is 16.6 Å². The predicted octanol–water partition coefficient (Wildman–Crippen LogP) is -0.523. The fourth-order valence-electron chi connectivity index (χ4n) is 1.51. The number of hydrogen-bond donors (Lipinski definition) is 4. The number of hydrogen-bond acceptors (Lipinski definition) is 8. The number of rotatable bonds is 6. The topological polar surface area (TPSA) is 169 Å². The zero-order chi connectivity index (χ0) is 15.5. The van der Waals surface area contributed by atoms with E-state index in [1.807, 2.05) is 0 Å². The number of aromatic amines is 1. The monoisotopic (exact) mass is 313 g/mol. The fourth-order valence-corrected chi connectivity index (χ4v) is 2.52. The molecule has 1 heterocycles. The molecule has 11 nitrogen and oxygen atoms in total. The maximum absolute atomic E-state index is 12.1. The van der Waals surface area contributed by atoms with Gasteiger partial charge in [0.15, 0.2) is 0 Å². The van der Waals surface area contributed by atoms with Crippen molar-refractivity contribution in [2.45, 2.75) is 11.4 Å². The van der Waals surface area contributed by atoms with Crippen molar-refractivity contribution in [3.63, 3.8) is 0 Å². The molecule has 1 aromatic heterocycles. The van der Waals surface area contributed by atoms with Crippen LogP contribution in [-0.4, -0.2) is 28.5 Å². The molecule has 0 unspecified atom stereocenters. The van der Waals surface area contributed by atoms with Gasteiger partial charge in [-0.1, -0.05) is 0 Å². The lowest BCUT2D eigenvalue weighted by Gasteiger charge is -2.07. The second-order valence-corrected chi connectivity index (χ2v) is 5.60. The molecule has 0 amide bonds. The Hall–Kier alpha value is -2.57. The molecule has 0 spiro atoms. The summed E-state index contributed by atoms with van der Waals surface area (Å²) < 4.78 is 26.4. The number of nitrogens with two attached hydrogens (primary N) is 1. The van der Waals surface area contributed by atoms with Crippen molar-refractivity contribution in [2.24, 2.45) is 5.84 Å². The van der Waals surface area contributed by atoms with Gasteiger partial charge in [-0.25, -0.2) is 18.1 Å². The summed E-state index contributed by atoms with van der Waals surface area (Å²) >= 11 is 0. The smallest absolute Gasteiger partial charge is 0.294 e. The maximum Gasteiger partial charge on any atom is 0.294 e. The highest BCUT2D eigenvalue weighted by molar-refractivity contribution is 7.89. The van der Waals surface area contributed by atoms with Crippen LogP contribution < -0.4 is 16.0 Å². The first-order valence-corrected chi connectivity index (χ1v) is 7.01. The Morgan fingerprint density at radius 1 is 1.43 bits per heavy atom. The van der Waals surface area contributed by atoms with Crippen LogP contribution in [0.1, 0.15) is 5.82 Å². The first-order valence-electron chi connectivity index (χ1n) is 5.53. The normalized spacial score (nSPS) is 11.3. The molecular weight excluding hydrogens is 302 g/mol. The largest absolute Gasteiger partial charge is 0.318 e. The fraction of sp³-hybridized carbons (Fsp3) is 0.111. The van der Waals surface area contributed by atoms with E-state index in [9.17, 15) is 18.5 Å². The van der Waals surface area contributed by atoms with Crippen LogP contribution in [0.25, 0.3) is 0 Å². The minimum absolute atomic E-state index is 0.00850. The number of nitrogens with zero attached hydrogens (tertiary/aromatic N) is 3. The summed E-state index contributed by atoms with van der Waals surface area (Å²) in [7, 11) is -3.93. The van der Waals surface area contributed by atoms with Gasteiger partial charge in [0.1, 0.15) is 17.8 Å². The van der Waals surface area contributed by atoms with Crippen molar-refractivity contribution >= 4 is 21.4 Å². The highest BCUT2D eigenvalue weighted by Gasteiger charge is 2.21. The number of nitrogen functional groups attached to an aromatic ring is 1. The van der Waals surface area contributed by atoms with Crippen LogP contribution in [0.15, 0.2) is 29.4 Å². The summed E-state index contributed by atoms with van der Waals surface area (Å²) in [5.41, 5.74) is 1.69. The Labute approximate surface area is 118 Å². The predicted molar refractivity (Wildman–Crippen MR) is 71.3 cm³/mol. The van der Waals surface area contributed by atoms with E-state index >= 15 is 0 Å². The Kier molecular flexibility index (Phi) is 4.11. The molecule has 0 aliphatic heterocycles. The molecule has 21 heavy (non-hydrogen) atoms. The Morgan fingerprint density at radius 3 is 2.76 bits per heavy atom. The molecule has 0 bridgehead atoms. The maximum atomic E-state index is 12.1. The van der Waals surface area contributed by atoms with Crippen molar-refractivity contribution < 1.29 is 13.3 Å². The van der Waals surface area contributed by atoms with Crippen molar-refractivity contribution in [1.82, 2.24) is 19.9 Å². The zero-order valence-electron chi connectivity index (χ0n) is 10.5. The lowest BCUT2D eigenvalue weighted by Crippen LogP contribution is -2.24. The molecule has 1 aromatic carbocycles. The second kappa shape index (κ2) is 5.82. The Morgan fingerprint density at radius 2 is 2.19 bits per heavy atom. The second-order valence-electron chi connectivity index (χ2n) is 3.84. The van der Waals surface area contributed by atoms with Crippen LogP contribution in [0.2, 0.25) is 0 Å².